The second-order valence-electron chi connectivity index (χ2n) is 10.6. The molecule has 4 aromatic rings. The highest BCUT2D eigenvalue weighted by atomic mass is 16.8. The number of nitrogens with zero attached hydrogens (tertiary/aromatic N) is 3. The Morgan fingerprint density at radius 2 is 1.28 bits per heavy atom. The van der Waals surface area contributed by atoms with E-state index in [1.54, 1.807) is 0 Å². The minimum Gasteiger partial charge on any atom is -0.508 e. The summed E-state index contributed by atoms with van der Waals surface area (Å²) in [6, 6.07) is 26.2. The summed E-state index contributed by atoms with van der Waals surface area (Å²) in [4.78, 5) is 78.1. The lowest BCUT2D eigenvalue weighted by atomic mass is 9.98. The van der Waals surface area contributed by atoms with E-state index in [2.05, 4.69) is 4.74 Å². The zero-order valence-corrected chi connectivity index (χ0v) is 27.6. The van der Waals surface area contributed by atoms with Gasteiger partial charge in [0.05, 0.1) is 16.3 Å². The minimum atomic E-state index is -1.05. The van der Waals surface area contributed by atoms with E-state index in [0.29, 0.717) is 5.06 Å². The molecular formula is C35H32N4O14. The first-order valence-corrected chi connectivity index (χ1v) is 15.4. The molecule has 4 aromatic carbocycles. The number of rotatable bonds is 9. The number of phenols is 1. The van der Waals surface area contributed by atoms with Crippen molar-refractivity contribution in [2.45, 2.75) is 25.2 Å². The fourth-order valence-corrected chi connectivity index (χ4v) is 4.75. The average Bonchev–Trinajstić information content (AvgIpc) is 3.63. The van der Waals surface area contributed by atoms with Gasteiger partial charge in [-0.2, -0.15) is 0 Å². The number of benzene rings is 4. The second kappa shape index (κ2) is 19.8. The summed E-state index contributed by atoms with van der Waals surface area (Å²) in [5.74, 6) is -1.68. The van der Waals surface area contributed by atoms with Crippen LogP contribution in [0, 0.1) is 20.2 Å². The largest absolute Gasteiger partial charge is 0.533 e. The number of amides is 2. The standard InChI is InChI=1S/C19H15NO5.C7H5NO4.C6H5NO3.C3H7NO2/c21-17-9-10-18(22)20(17)25-19(23)24-11-16-14-7-3-1-5-12(14)13-6-2-4-8-15(13)16;9-5-12-7-3-1-6(2-4-7)8(10)11;8-6-3-1-5(2-4-6)7(9)10;4-2-1-3(5)6/h1-8,16H,9-11H2;1-5H;1-4,8H;1-2,4H2,(H,5,6). The van der Waals surface area contributed by atoms with Crippen molar-refractivity contribution in [2.24, 2.45) is 5.73 Å². The van der Waals surface area contributed by atoms with Gasteiger partial charge in [-0.25, -0.2) is 4.79 Å². The number of hydroxylamine groups is 2. The predicted molar refractivity (Wildman–Crippen MR) is 183 cm³/mol. The van der Waals surface area contributed by atoms with Gasteiger partial charge in [-0.3, -0.25) is 44.2 Å². The molecular weight excluding hydrogens is 700 g/mol. The molecule has 0 atom stereocenters. The first-order valence-electron chi connectivity index (χ1n) is 15.4. The zero-order chi connectivity index (χ0) is 38.9. The summed E-state index contributed by atoms with van der Waals surface area (Å²) in [6.45, 7) is 0.569. The Labute approximate surface area is 300 Å². The quantitative estimate of drug-likeness (QED) is 0.0681. The molecule has 0 bridgehead atoms. The highest BCUT2D eigenvalue weighted by molar-refractivity contribution is 6.01. The number of carboxylic acids is 1. The molecule has 0 aromatic heterocycles. The van der Waals surface area contributed by atoms with Gasteiger partial charge in [0, 0.05) is 49.6 Å². The molecule has 1 fully saturated rings. The smallest absolute Gasteiger partial charge is 0.508 e. The maximum absolute atomic E-state index is 11.9. The number of aliphatic carboxylic acids is 1. The molecule has 0 radical (unpaired) electrons. The number of ether oxygens (including phenoxy) is 2. The second-order valence-corrected chi connectivity index (χ2v) is 10.6. The van der Waals surface area contributed by atoms with Crippen LogP contribution in [0.5, 0.6) is 11.5 Å². The fourth-order valence-electron chi connectivity index (χ4n) is 4.75. The van der Waals surface area contributed by atoms with Gasteiger partial charge in [0.2, 0.25) is 0 Å². The topological polar surface area (TPSA) is 269 Å². The number of aromatic hydroxyl groups is 1. The number of carbonyl (C=O) groups excluding carboxylic acids is 4. The predicted octanol–water partition coefficient (Wildman–Crippen LogP) is 4.87. The van der Waals surface area contributed by atoms with E-state index >= 15 is 0 Å². The third-order valence-electron chi connectivity index (χ3n) is 7.15. The van der Waals surface area contributed by atoms with E-state index in [-0.39, 0.29) is 67.7 Å². The van der Waals surface area contributed by atoms with Crippen molar-refractivity contribution in [2.75, 3.05) is 13.2 Å². The van der Waals surface area contributed by atoms with Gasteiger partial charge in [-0.1, -0.05) is 53.6 Å². The summed E-state index contributed by atoms with van der Waals surface area (Å²) >= 11 is 0. The highest BCUT2D eigenvalue weighted by Gasteiger charge is 2.34. The molecule has 0 saturated carbocycles. The average molecular weight is 733 g/mol. The van der Waals surface area contributed by atoms with Crippen LogP contribution in [0.4, 0.5) is 16.2 Å². The number of non-ortho nitro benzene ring substituents is 2. The van der Waals surface area contributed by atoms with E-state index in [9.17, 15) is 44.2 Å². The van der Waals surface area contributed by atoms with Crippen molar-refractivity contribution in [3.63, 3.8) is 0 Å². The van der Waals surface area contributed by atoms with Crippen molar-refractivity contribution >= 4 is 41.8 Å². The Kier molecular flexibility index (Phi) is 15.1. The minimum absolute atomic E-state index is 0.0159. The van der Waals surface area contributed by atoms with E-state index in [4.69, 9.17) is 25.5 Å². The molecule has 53 heavy (non-hydrogen) atoms. The summed E-state index contributed by atoms with van der Waals surface area (Å²) in [6.07, 6.45) is -0.879. The molecule has 1 aliphatic heterocycles. The van der Waals surface area contributed by atoms with E-state index in [1.807, 2.05) is 48.5 Å². The number of fused-ring (bicyclic) bond motifs is 3. The molecule has 2 aliphatic rings. The molecule has 6 rings (SSSR count). The van der Waals surface area contributed by atoms with Gasteiger partial charge in [0.25, 0.3) is 29.7 Å². The van der Waals surface area contributed by atoms with Crippen LogP contribution in [0.2, 0.25) is 0 Å². The lowest BCUT2D eigenvalue weighted by Crippen LogP contribution is -2.32. The van der Waals surface area contributed by atoms with Gasteiger partial charge in [0.1, 0.15) is 18.1 Å². The molecule has 4 N–H and O–H groups in total. The van der Waals surface area contributed by atoms with E-state index < -0.39 is 33.8 Å². The van der Waals surface area contributed by atoms with Crippen LogP contribution in [-0.2, 0) is 28.8 Å². The highest BCUT2D eigenvalue weighted by Crippen LogP contribution is 2.44. The Morgan fingerprint density at radius 1 is 0.811 bits per heavy atom. The van der Waals surface area contributed by atoms with Crippen LogP contribution in [-0.4, -0.2) is 68.7 Å². The number of nitro benzene ring substituents is 2. The number of carbonyl (C=O) groups is 5. The number of phenolic OH excluding ortho intramolecular Hbond substituents is 1. The van der Waals surface area contributed by atoms with Gasteiger partial charge in [-0.15, -0.1) is 0 Å². The fraction of sp³-hybridized carbons (Fsp3) is 0.171. The SMILES string of the molecule is NCCC(=O)O.O=C(OCC1c2ccccc2-c2ccccc21)ON1C(=O)CCC1=O.O=COc1ccc([N+](=O)[O-])cc1.O=[N+]([O-])c1ccc(O)cc1. The van der Waals surface area contributed by atoms with Gasteiger partial charge in [0.15, 0.2) is 0 Å². The van der Waals surface area contributed by atoms with Crippen LogP contribution in [0.25, 0.3) is 11.1 Å². The maximum atomic E-state index is 11.9. The molecule has 18 nitrogen and oxygen atoms in total. The number of nitrogens with two attached hydrogens (primary N) is 1. The summed E-state index contributed by atoms with van der Waals surface area (Å²) in [7, 11) is 0. The molecule has 18 heteroatoms. The Morgan fingerprint density at radius 3 is 1.70 bits per heavy atom. The van der Waals surface area contributed by atoms with Gasteiger partial charge < -0.3 is 25.4 Å². The van der Waals surface area contributed by atoms with Crippen molar-refractivity contribution in [3.8, 4) is 22.6 Å². The summed E-state index contributed by atoms with van der Waals surface area (Å²) < 4.78 is 9.63. The molecule has 276 valence electrons. The van der Waals surface area contributed by atoms with Crippen molar-refractivity contribution in [1.29, 1.82) is 0 Å². The Hall–Kier alpha value is -7.21. The van der Waals surface area contributed by atoms with Gasteiger partial charge >= 0.3 is 12.1 Å². The van der Waals surface area contributed by atoms with Crippen LogP contribution >= 0.6 is 0 Å². The van der Waals surface area contributed by atoms with Crippen LogP contribution in [0.15, 0.2) is 97.1 Å². The molecule has 1 heterocycles. The first kappa shape index (κ1) is 40.2. The van der Waals surface area contributed by atoms with Crippen LogP contribution < -0.4 is 10.5 Å². The van der Waals surface area contributed by atoms with E-state index in [1.165, 1.54) is 48.5 Å². The summed E-state index contributed by atoms with van der Waals surface area (Å²) in [5, 5.41) is 37.2. The maximum Gasteiger partial charge on any atom is 0.533 e. The Bertz CT molecular complexity index is 1870. The number of hydrogen-bond acceptors (Lipinski definition) is 14. The first-order chi connectivity index (χ1) is 25.4. The number of imide groups is 1. The molecule has 2 amide bonds. The van der Waals surface area contributed by atoms with Crippen LogP contribution in [0.1, 0.15) is 36.3 Å². The number of carboxylic acid groups (broad SMARTS) is 1. The number of hydrogen-bond donors (Lipinski definition) is 3. The van der Waals surface area contributed by atoms with E-state index in [0.717, 1.165) is 22.3 Å². The molecule has 1 saturated heterocycles. The van der Waals surface area contributed by atoms with Crippen molar-refractivity contribution < 1.29 is 58.3 Å². The molecule has 0 unspecified atom stereocenters. The third kappa shape index (κ3) is 12.0. The lowest BCUT2D eigenvalue weighted by molar-refractivity contribution is -0.385. The lowest BCUT2D eigenvalue weighted by Gasteiger charge is -2.16. The summed E-state index contributed by atoms with van der Waals surface area (Å²) in [5.41, 5.74) is 9.18. The van der Waals surface area contributed by atoms with Crippen molar-refractivity contribution in [1.82, 2.24) is 5.06 Å². The van der Waals surface area contributed by atoms with Crippen molar-refractivity contribution in [3.05, 3.63) is 128 Å². The molecule has 0 spiro atoms. The third-order valence-corrected chi connectivity index (χ3v) is 7.15. The number of nitro groups is 2. The zero-order valence-electron chi connectivity index (χ0n) is 27.6. The Balaban J connectivity index is 0.000000224. The normalized spacial score (nSPS) is 12.2. The molecule has 1 aliphatic carbocycles. The van der Waals surface area contributed by atoms with Crippen LogP contribution in [0.3, 0.4) is 0 Å². The van der Waals surface area contributed by atoms with Gasteiger partial charge in [-0.05, 0) is 46.5 Å². The monoisotopic (exact) mass is 732 g/mol.